The molecule has 20 heavy (non-hydrogen) atoms. The first kappa shape index (κ1) is 16.0. The summed E-state index contributed by atoms with van der Waals surface area (Å²) in [5.74, 6) is -0.881. The van der Waals surface area contributed by atoms with Gasteiger partial charge in [-0.1, -0.05) is 13.8 Å². The Hall–Kier alpha value is -2.05. The number of aliphatic carboxylic acids is 1. The van der Waals surface area contributed by atoms with E-state index in [0.29, 0.717) is 19.4 Å². The first-order valence-electron chi connectivity index (χ1n) is 6.69. The topological polar surface area (TPSA) is 107 Å². The number of carboxylic acid groups (broad SMARTS) is 1. The number of aromatic nitrogens is 2. The van der Waals surface area contributed by atoms with Crippen molar-refractivity contribution in [2.75, 3.05) is 6.54 Å². The van der Waals surface area contributed by atoms with Crippen LogP contribution in [0.15, 0.2) is 6.20 Å². The van der Waals surface area contributed by atoms with Gasteiger partial charge in [0.2, 0.25) is 0 Å². The third-order valence-electron chi connectivity index (χ3n) is 3.77. The molecule has 1 rings (SSSR count). The number of hydrogen-bond acceptors (Lipinski definition) is 3. The summed E-state index contributed by atoms with van der Waals surface area (Å²) in [7, 11) is 0. The van der Waals surface area contributed by atoms with Gasteiger partial charge < -0.3 is 15.7 Å². The highest BCUT2D eigenvalue weighted by molar-refractivity contribution is 5.78. The van der Waals surface area contributed by atoms with Crippen LogP contribution in [0.4, 0.5) is 4.79 Å². The minimum Gasteiger partial charge on any atom is -0.481 e. The smallest absolute Gasteiger partial charge is 0.315 e. The van der Waals surface area contributed by atoms with E-state index in [2.05, 4.69) is 20.8 Å². The zero-order chi connectivity index (χ0) is 15.2. The molecule has 0 aliphatic rings. The molecule has 0 aliphatic heterocycles. The van der Waals surface area contributed by atoms with Crippen molar-refractivity contribution in [2.24, 2.45) is 5.41 Å². The summed E-state index contributed by atoms with van der Waals surface area (Å²) in [6.45, 7) is 5.96. The Morgan fingerprint density at radius 1 is 1.35 bits per heavy atom. The van der Waals surface area contributed by atoms with Gasteiger partial charge in [0.05, 0.1) is 11.6 Å². The average Bonchev–Trinajstić information content (AvgIpc) is 2.83. The lowest BCUT2D eigenvalue weighted by molar-refractivity contribution is -0.149. The molecule has 0 saturated heterocycles. The SMILES string of the molecule is CCC(CC)(CNC(=O)NCc1cn[nH]c1C)C(=O)O. The maximum atomic E-state index is 11.7. The maximum Gasteiger partial charge on any atom is 0.315 e. The van der Waals surface area contributed by atoms with Crippen LogP contribution in [-0.4, -0.2) is 33.8 Å². The highest BCUT2D eigenvalue weighted by atomic mass is 16.4. The Bertz CT molecular complexity index is 466. The maximum absolute atomic E-state index is 11.7. The number of aromatic amines is 1. The van der Waals surface area contributed by atoms with Gasteiger partial charge in [0.25, 0.3) is 0 Å². The van der Waals surface area contributed by atoms with Crippen molar-refractivity contribution in [2.45, 2.75) is 40.2 Å². The molecule has 1 aromatic heterocycles. The third-order valence-corrected chi connectivity index (χ3v) is 3.77. The molecule has 7 heteroatoms. The average molecular weight is 282 g/mol. The Morgan fingerprint density at radius 3 is 2.45 bits per heavy atom. The Morgan fingerprint density at radius 2 is 2.00 bits per heavy atom. The van der Waals surface area contributed by atoms with Crippen LogP contribution in [0.5, 0.6) is 0 Å². The monoisotopic (exact) mass is 282 g/mol. The van der Waals surface area contributed by atoms with Crippen LogP contribution in [0.3, 0.4) is 0 Å². The van der Waals surface area contributed by atoms with Crippen LogP contribution in [0, 0.1) is 12.3 Å². The van der Waals surface area contributed by atoms with Gasteiger partial charge in [0.1, 0.15) is 0 Å². The molecular formula is C13H22N4O3. The second-order valence-corrected chi connectivity index (χ2v) is 4.85. The number of carbonyl (C=O) groups is 2. The van der Waals surface area contributed by atoms with Crippen molar-refractivity contribution in [1.29, 1.82) is 0 Å². The summed E-state index contributed by atoms with van der Waals surface area (Å²) in [4.78, 5) is 23.0. The molecule has 2 amide bonds. The van der Waals surface area contributed by atoms with Gasteiger partial charge in [-0.05, 0) is 19.8 Å². The predicted molar refractivity (Wildman–Crippen MR) is 74.2 cm³/mol. The van der Waals surface area contributed by atoms with Gasteiger partial charge in [-0.15, -0.1) is 0 Å². The molecule has 1 heterocycles. The summed E-state index contributed by atoms with van der Waals surface area (Å²) in [5.41, 5.74) is 0.894. The van der Waals surface area contributed by atoms with E-state index in [9.17, 15) is 14.7 Å². The van der Waals surface area contributed by atoms with E-state index in [1.54, 1.807) is 6.20 Å². The van der Waals surface area contributed by atoms with Gasteiger partial charge in [-0.25, -0.2) is 4.79 Å². The zero-order valence-corrected chi connectivity index (χ0v) is 12.1. The van der Waals surface area contributed by atoms with Gasteiger partial charge in [0.15, 0.2) is 0 Å². The molecule has 0 spiro atoms. The highest BCUT2D eigenvalue weighted by Gasteiger charge is 2.35. The van der Waals surface area contributed by atoms with Crippen molar-refractivity contribution in [3.8, 4) is 0 Å². The number of carbonyl (C=O) groups excluding carboxylic acids is 1. The Balaban J connectivity index is 2.46. The Labute approximate surface area is 118 Å². The number of aryl methyl sites for hydroxylation is 1. The predicted octanol–water partition coefficient (Wildman–Crippen LogP) is 1.41. The molecule has 112 valence electrons. The zero-order valence-electron chi connectivity index (χ0n) is 12.1. The normalized spacial score (nSPS) is 11.2. The number of urea groups is 1. The summed E-state index contributed by atoms with van der Waals surface area (Å²) < 4.78 is 0. The van der Waals surface area contributed by atoms with Crippen molar-refractivity contribution in [1.82, 2.24) is 20.8 Å². The van der Waals surface area contributed by atoms with Crippen molar-refractivity contribution >= 4 is 12.0 Å². The number of rotatable bonds is 7. The summed E-state index contributed by atoms with van der Waals surface area (Å²) in [5, 5.41) is 21.2. The molecule has 0 aliphatic carbocycles. The lowest BCUT2D eigenvalue weighted by Crippen LogP contribution is -2.45. The summed E-state index contributed by atoms with van der Waals surface area (Å²) >= 11 is 0. The molecule has 4 N–H and O–H groups in total. The van der Waals surface area contributed by atoms with E-state index in [0.717, 1.165) is 11.3 Å². The second kappa shape index (κ2) is 6.93. The van der Waals surface area contributed by atoms with Gasteiger partial charge >= 0.3 is 12.0 Å². The number of carboxylic acids is 1. The van der Waals surface area contributed by atoms with E-state index >= 15 is 0 Å². The summed E-state index contributed by atoms with van der Waals surface area (Å²) in [6, 6.07) is -0.377. The fraction of sp³-hybridized carbons (Fsp3) is 0.615. The fourth-order valence-electron chi connectivity index (χ4n) is 1.92. The molecule has 0 bridgehead atoms. The van der Waals surface area contributed by atoms with Gasteiger partial charge in [-0.3, -0.25) is 9.89 Å². The van der Waals surface area contributed by atoms with Crippen LogP contribution in [-0.2, 0) is 11.3 Å². The number of amides is 2. The molecule has 0 atom stereocenters. The minimum atomic E-state index is -0.900. The van der Waals surface area contributed by atoms with Crippen LogP contribution in [0.2, 0.25) is 0 Å². The van der Waals surface area contributed by atoms with E-state index in [-0.39, 0.29) is 12.6 Å². The number of hydrogen-bond donors (Lipinski definition) is 4. The molecule has 1 aromatic rings. The standard InChI is InChI=1S/C13H22N4O3/c1-4-13(5-2,11(18)19)8-15-12(20)14-6-10-7-16-17-9(10)3/h7H,4-6,8H2,1-3H3,(H,16,17)(H,18,19)(H2,14,15,20). The Kier molecular flexibility index (Phi) is 5.54. The number of nitrogens with one attached hydrogen (secondary N) is 3. The van der Waals surface area contributed by atoms with Crippen molar-refractivity contribution in [3.05, 3.63) is 17.5 Å². The number of nitrogens with zero attached hydrogens (tertiary/aromatic N) is 1. The molecule has 0 saturated carbocycles. The largest absolute Gasteiger partial charge is 0.481 e. The van der Waals surface area contributed by atoms with Crippen molar-refractivity contribution < 1.29 is 14.7 Å². The van der Waals surface area contributed by atoms with Crippen LogP contribution in [0.25, 0.3) is 0 Å². The molecule has 7 nitrogen and oxygen atoms in total. The lowest BCUT2D eigenvalue weighted by atomic mass is 9.82. The van der Waals surface area contributed by atoms with E-state index < -0.39 is 11.4 Å². The first-order chi connectivity index (χ1) is 9.45. The summed E-state index contributed by atoms with van der Waals surface area (Å²) in [6.07, 6.45) is 2.59. The first-order valence-corrected chi connectivity index (χ1v) is 6.69. The molecule has 0 radical (unpaired) electrons. The second-order valence-electron chi connectivity index (χ2n) is 4.85. The molecule has 0 aromatic carbocycles. The van der Waals surface area contributed by atoms with Crippen molar-refractivity contribution in [3.63, 3.8) is 0 Å². The highest BCUT2D eigenvalue weighted by Crippen LogP contribution is 2.25. The fourth-order valence-corrected chi connectivity index (χ4v) is 1.92. The minimum absolute atomic E-state index is 0.117. The van der Waals surface area contributed by atoms with Crippen LogP contribution in [0.1, 0.15) is 37.9 Å². The lowest BCUT2D eigenvalue weighted by Gasteiger charge is -2.26. The molecule has 0 fully saturated rings. The van der Waals surface area contributed by atoms with Crippen LogP contribution >= 0.6 is 0 Å². The quantitative estimate of drug-likeness (QED) is 0.606. The molecular weight excluding hydrogens is 260 g/mol. The van der Waals surface area contributed by atoms with E-state index in [4.69, 9.17) is 0 Å². The van der Waals surface area contributed by atoms with Gasteiger partial charge in [0, 0.05) is 24.3 Å². The molecule has 0 unspecified atom stereocenters. The van der Waals surface area contributed by atoms with Gasteiger partial charge in [-0.2, -0.15) is 5.10 Å². The van der Waals surface area contributed by atoms with E-state index in [1.807, 2.05) is 20.8 Å². The third kappa shape index (κ3) is 3.72. The number of H-pyrrole nitrogens is 1. The van der Waals surface area contributed by atoms with Crippen LogP contribution < -0.4 is 10.6 Å². The van der Waals surface area contributed by atoms with E-state index in [1.165, 1.54) is 0 Å².